The first kappa shape index (κ1) is 24.6. The molecule has 2 aromatic rings. The predicted molar refractivity (Wildman–Crippen MR) is 121 cm³/mol. The lowest BCUT2D eigenvalue weighted by Gasteiger charge is -2.17. The SMILES string of the molecule is COC(=O)CCc1cc(Br)c(Oc2cc(N)c(OC)c(C(C)C)c2)c(Br)c1.Cl. The zero-order valence-electron chi connectivity index (χ0n) is 16.2. The number of rotatable bonds is 7. The topological polar surface area (TPSA) is 70.8 Å². The highest BCUT2D eigenvalue weighted by Crippen LogP contribution is 2.41. The van der Waals surface area contributed by atoms with E-state index in [1.54, 1.807) is 13.2 Å². The Labute approximate surface area is 188 Å². The van der Waals surface area contributed by atoms with Gasteiger partial charge in [-0.2, -0.15) is 0 Å². The first-order valence-corrected chi connectivity index (χ1v) is 10.0. The highest BCUT2D eigenvalue weighted by Gasteiger charge is 2.16. The van der Waals surface area contributed by atoms with E-state index in [2.05, 4.69) is 50.4 Å². The second-order valence-corrected chi connectivity index (χ2v) is 8.07. The Balaban J connectivity index is 0.00000392. The molecule has 28 heavy (non-hydrogen) atoms. The number of halogens is 3. The Morgan fingerprint density at radius 3 is 2.18 bits per heavy atom. The summed E-state index contributed by atoms with van der Waals surface area (Å²) in [6.07, 6.45) is 0.902. The van der Waals surface area contributed by atoms with Crippen LogP contribution in [0.2, 0.25) is 0 Å². The molecule has 0 aromatic heterocycles. The van der Waals surface area contributed by atoms with Crippen LogP contribution in [-0.4, -0.2) is 20.2 Å². The number of hydrogen-bond donors (Lipinski definition) is 1. The Bertz CT molecular complexity index is 820. The first-order chi connectivity index (χ1) is 12.8. The van der Waals surface area contributed by atoms with Gasteiger partial charge in [0.05, 0.1) is 28.9 Å². The van der Waals surface area contributed by atoms with Gasteiger partial charge in [-0.1, -0.05) is 13.8 Å². The zero-order valence-corrected chi connectivity index (χ0v) is 20.2. The van der Waals surface area contributed by atoms with E-state index in [1.165, 1.54) is 7.11 Å². The van der Waals surface area contributed by atoms with Crippen LogP contribution in [0.3, 0.4) is 0 Å². The number of ether oxygens (including phenoxy) is 3. The summed E-state index contributed by atoms with van der Waals surface area (Å²) in [6.45, 7) is 4.14. The molecule has 0 atom stereocenters. The Hall–Kier alpha value is -1.44. The van der Waals surface area contributed by atoms with E-state index < -0.39 is 0 Å². The molecule has 2 aromatic carbocycles. The lowest BCUT2D eigenvalue weighted by Crippen LogP contribution is -2.02. The highest BCUT2D eigenvalue weighted by atomic mass is 79.9. The molecule has 0 spiro atoms. The summed E-state index contributed by atoms with van der Waals surface area (Å²) >= 11 is 7.09. The molecule has 0 aliphatic rings. The molecule has 8 heteroatoms. The van der Waals surface area contributed by atoms with Crippen LogP contribution in [0.5, 0.6) is 17.2 Å². The van der Waals surface area contributed by atoms with E-state index >= 15 is 0 Å². The standard InChI is InChI=1S/C20H23Br2NO4.ClH/c1-11(2)14-9-13(10-17(23)19(14)26-4)27-20-15(21)7-12(8-16(20)22)5-6-18(24)25-3;/h7-11H,5-6,23H2,1-4H3;1H. The molecule has 0 aliphatic carbocycles. The lowest BCUT2D eigenvalue weighted by atomic mass is 10.0. The van der Waals surface area contributed by atoms with Crippen LogP contribution in [0.4, 0.5) is 5.69 Å². The van der Waals surface area contributed by atoms with E-state index in [0.717, 1.165) is 20.1 Å². The van der Waals surface area contributed by atoms with Crippen molar-refractivity contribution < 1.29 is 19.0 Å². The third-order valence-electron chi connectivity index (χ3n) is 4.07. The monoisotopic (exact) mass is 535 g/mol. The minimum Gasteiger partial charge on any atom is -0.494 e. The van der Waals surface area contributed by atoms with E-state index in [-0.39, 0.29) is 24.3 Å². The van der Waals surface area contributed by atoms with Crippen molar-refractivity contribution in [2.45, 2.75) is 32.6 Å². The molecule has 0 unspecified atom stereocenters. The summed E-state index contributed by atoms with van der Waals surface area (Å²) in [5, 5.41) is 0. The van der Waals surface area contributed by atoms with Crippen molar-refractivity contribution in [2.24, 2.45) is 0 Å². The maximum atomic E-state index is 11.3. The van der Waals surface area contributed by atoms with E-state index in [4.69, 9.17) is 15.2 Å². The van der Waals surface area contributed by atoms with Gasteiger partial charge in [-0.15, -0.1) is 12.4 Å². The van der Waals surface area contributed by atoms with Gasteiger partial charge >= 0.3 is 5.97 Å². The molecule has 2 N–H and O–H groups in total. The summed E-state index contributed by atoms with van der Waals surface area (Å²) in [5.41, 5.74) is 8.63. The maximum absolute atomic E-state index is 11.3. The molecule has 0 amide bonds. The van der Waals surface area contributed by atoms with Crippen LogP contribution in [0.15, 0.2) is 33.2 Å². The van der Waals surface area contributed by atoms with Gasteiger partial charge in [-0.3, -0.25) is 4.79 Å². The van der Waals surface area contributed by atoms with E-state index in [9.17, 15) is 4.79 Å². The number of carbonyl (C=O) groups excluding carboxylic acids is 1. The summed E-state index contributed by atoms with van der Waals surface area (Å²) in [6, 6.07) is 7.54. The fourth-order valence-electron chi connectivity index (χ4n) is 2.69. The molecule has 0 fully saturated rings. The smallest absolute Gasteiger partial charge is 0.305 e. The Kier molecular flexibility index (Phi) is 9.60. The Morgan fingerprint density at radius 1 is 1.07 bits per heavy atom. The minimum absolute atomic E-state index is 0. The highest BCUT2D eigenvalue weighted by molar-refractivity contribution is 9.11. The number of carbonyl (C=O) groups is 1. The number of nitrogen functional groups attached to an aromatic ring is 1. The van der Waals surface area contributed by atoms with Gasteiger partial charge in [-0.05, 0) is 68.0 Å². The van der Waals surface area contributed by atoms with Gasteiger partial charge in [0.15, 0.2) is 5.75 Å². The average molecular weight is 538 g/mol. The molecule has 0 aliphatic heterocycles. The van der Waals surface area contributed by atoms with Crippen LogP contribution in [0, 0.1) is 0 Å². The normalized spacial score (nSPS) is 10.4. The lowest BCUT2D eigenvalue weighted by molar-refractivity contribution is -0.140. The number of methoxy groups -OCH3 is 2. The average Bonchev–Trinajstić information content (AvgIpc) is 2.62. The van der Waals surface area contributed by atoms with Crippen LogP contribution < -0.4 is 15.2 Å². The minimum atomic E-state index is -0.238. The molecule has 2 rings (SSSR count). The molecule has 5 nitrogen and oxygen atoms in total. The summed E-state index contributed by atoms with van der Waals surface area (Å²) in [7, 11) is 3.00. The van der Waals surface area contributed by atoms with Crippen LogP contribution in [0.1, 0.15) is 37.3 Å². The maximum Gasteiger partial charge on any atom is 0.305 e. The number of anilines is 1. The number of nitrogens with two attached hydrogens (primary N) is 1. The number of hydrogen-bond acceptors (Lipinski definition) is 5. The van der Waals surface area contributed by atoms with Crippen molar-refractivity contribution in [3.8, 4) is 17.2 Å². The van der Waals surface area contributed by atoms with Crippen molar-refractivity contribution in [3.63, 3.8) is 0 Å². The largest absolute Gasteiger partial charge is 0.494 e. The quantitative estimate of drug-likeness (QED) is 0.334. The second-order valence-electron chi connectivity index (χ2n) is 6.36. The molecule has 0 saturated carbocycles. The van der Waals surface area contributed by atoms with Gasteiger partial charge in [0.1, 0.15) is 11.5 Å². The van der Waals surface area contributed by atoms with Gasteiger partial charge < -0.3 is 19.9 Å². The van der Waals surface area contributed by atoms with Crippen LogP contribution in [-0.2, 0) is 16.0 Å². The summed E-state index contributed by atoms with van der Waals surface area (Å²) < 4.78 is 17.8. The third kappa shape index (κ3) is 6.03. The van der Waals surface area contributed by atoms with Crippen molar-refractivity contribution in [3.05, 3.63) is 44.3 Å². The van der Waals surface area contributed by atoms with Gasteiger partial charge in [-0.25, -0.2) is 0 Å². The van der Waals surface area contributed by atoms with Crippen molar-refractivity contribution in [1.29, 1.82) is 0 Å². The first-order valence-electron chi connectivity index (χ1n) is 8.46. The number of benzene rings is 2. The zero-order chi connectivity index (χ0) is 20.1. The predicted octanol–water partition coefficient (Wildman–Crippen LogP) is 6.25. The third-order valence-corrected chi connectivity index (χ3v) is 5.25. The van der Waals surface area contributed by atoms with Gasteiger partial charge in [0.25, 0.3) is 0 Å². The fourth-order valence-corrected chi connectivity index (χ4v) is 4.13. The summed E-state index contributed by atoms with van der Waals surface area (Å²) in [4.78, 5) is 11.3. The van der Waals surface area contributed by atoms with Crippen molar-refractivity contribution in [1.82, 2.24) is 0 Å². The summed E-state index contributed by atoms with van der Waals surface area (Å²) in [5.74, 6) is 1.93. The molecule has 0 radical (unpaired) electrons. The van der Waals surface area contributed by atoms with Crippen molar-refractivity contribution >= 4 is 55.9 Å². The number of aryl methyl sites for hydroxylation is 1. The van der Waals surface area contributed by atoms with E-state index in [1.807, 2.05) is 18.2 Å². The van der Waals surface area contributed by atoms with Gasteiger partial charge in [0, 0.05) is 18.1 Å². The van der Waals surface area contributed by atoms with Crippen LogP contribution >= 0.6 is 44.3 Å². The molecular formula is C20H24Br2ClNO4. The van der Waals surface area contributed by atoms with Crippen molar-refractivity contribution in [2.75, 3.05) is 20.0 Å². The number of esters is 1. The van der Waals surface area contributed by atoms with Crippen LogP contribution in [0.25, 0.3) is 0 Å². The molecule has 0 bridgehead atoms. The molecule has 154 valence electrons. The molecular weight excluding hydrogens is 513 g/mol. The molecule has 0 heterocycles. The second kappa shape index (κ2) is 10.9. The van der Waals surface area contributed by atoms with E-state index in [0.29, 0.717) is 35.8 Å². The molecule has 0 saturated heterocycles. The van der Waals surface area contributed by atoms with Gasteiger partial charge in [0.2, 0.25) is 0 Å². The fraction of sp³-hybridized carbons (Fsp3) is 0.350. The Morgan fingerprint density at radius 2 is 1.68 bits per heavy atom.